The first-order chi connectivity index (χ1) is 17.0. The molecule has 7 nitrogen and oxygen atoms in total. The predicted octanol–water partition coefficient (Wildman–Crippen LogP) is 5.34. The van der Waals surface area contributed by atoms with E-state index >= 15 is 0 Å². The van der Waals surface area contributed by atoms with Crippen molar-refractivity contribution >= 4 is 28.5 Å². The minimum atomic E-state index is -0.232. The topological polar surface area (TPSA) is 81.3 Å². The number of rotatable bonds is 10. The van der Waals surface area contributed by atoms with E-state index in [1.165, 1.54) is 19.3 Å². The molecule has 0 aliphatic carbocycles. The molecule has 2 N–H and O–H groups in total. The number of H-pyrrole nitrogens is 1. The van der Waals surface area contributed by atoms with Gasteiger partial charge in [0.15, 0.2) is 0 Å². The number of anilines is 1. The van der Waals surface area contributed by atoms with Crippen molar-refractivity contribution < 1.29 is 9.59 Å². The molecule has 1 atom stereocenters. The lowest BCUT2D eigenvalue weighted by Crippen LogP contribution is -2.40. The zero-order valence-corrected chi connectivity index (χ0v) is 21.1. The number of amides is 2. The quantitative estimate of drug-likeness (QED) is 0.388. The monoisotopic (exact) mass is 475 g/mol. The fourth-order valence-electron chi connectivity index (χ4n) is 4.72. The molecule has 7 heteroatoms. The van der Waals surface area contributed by atoms with Gasteiger partial charge in [0.05, 0.1) is 17.6 Å². The lowest BCUT2D eigenvalue weighted by Gasteiger charge is -2.24. The molecule has 0 saturated heterocycles. The van der Waals surface area contributed by atoms with Gasteiger partial charge in [0, 0.05) is 31.4 Å². The normalized spacial score (nSPS) is 15.6. The van der Waals surface area contributed by atoms with E-state index in [0.717, 1.165) is 53.9 Å². The molecule has 1 unspecified atom stereocenters. The molecule has 1 aliphatic heterocycles. The Kier molecular flexibility index (Phi) is 8.06. The van der Waals surface area contributed by atoms with Crippen LogP contribution in [0.5, 0.6) is 0 Å². The van der Waals surface area contributed by atoms with E-state index in [1.54, 1.807) is 11.9 Å². The first kappa shape index (κ1) is 24.8. The zero-order valence-electron chi connectivity index (χ0n) is 21.1. The van der Waals surface area contributed by atoms with Gasteiger partial charge in [-0.3, -0.25) is 9.59 Å². The van der Waals surface area contributed by atoms with Gasteiger partial charge in [-0.15, -0.1) is 0 Å². The maximum atomic E-state index is 13.3. The number of hydrogen-bond acceptors (Lipinski definition) is 4. The highest BCUT2D eigenvalue weighted by Gasteiger charge is 2.28. The first-order valence-corrected chi connectivity index (χ1v) is 12.9. The molecule has 2 heterocycles. The predicted molar refractivity (Wildman–Crippen MR) is 140 cm³/mol. The van der Waals surface area contributed by atoms with Crippen LogP contribution in [0.15, 0.2) is 42.5 Å². The van der Waals surface area contributed by atoms with Gasteiger partial charge in [-0.05, 0) is 48.7 Å². The minimum Gasteiger partial charge on any atom is -0.373 e. The summed E-state index contributed by atoms with van der Waals surface area (Å²) < 4.78 is 0. The molecule has 2 amide bonds. The molecule has 0 spiro atoms. The van der Waals surface area contributed by atoms with E-state index < -0.39 is 0 Å². The lowest BCUT2D eigenvalue weighted by atomic mass is 10.1. The average Bonchev–Trinajstić information content (AvgIpc) is 3.22. The molecule has 186 valence electrons. The summed E-state index contributed by atoms with van der Waals surface area (Å²) in [6.07, 6.45) is 6.53. The number of nitrogens with one attached hydrogen (secondary N) is 2. The molecule has 4 rings (SSSR count). The molecule has 1 aromatic heterocycles. The second-order valence-corrected chi connectivity index (χ2v) is 9.51. The van der Waals surface area contributed by atoms with Crippen molar-refractivity contribution in [2.75, 3.05) is 18.9 Å². The first-order valence-electron chi connectivity index (χ1n) is 12.9. The third-order valence-corrected chi connectivity index (χ3v) is 6.76. The van der Waals surface area contributed by atoms with Crippen LogP contribution in [0.4, 0.5) is 5.69 Å². The summed E-state index contributed by atoms with van der Waals surface area (Å²) in [5.74, 6) is 0.833. The lowest BCUT2D eigenvalue weighted by molar-refractivity contribution is -0.132. The van der Waals surface area contributed by atoms with E-state index in [1.807, 2.05) is 54.3 Å². The van der Waals surface area contributed by atoms with Crippen LogP contribution in [0, 0.1) is 0 Å². The highest BCUT2D eigenvalue weighted by molar-refractivity contribution is 5.95. The fraction of sp³-hybridized carbons (Fsp3) is 0.464. The maximum absolute atomic E-state index is 13.3. The third kappa shape index (κ3) is 5.84. The molecule has 3 aromatic rings. The van der Waals surface area contributed by atoms with Crippen molar-refractivity contribution in [2.24, 2.45) is 0 Å². The average molecular weight is 476 g/mol. The number of benzene rings is 2. The third-order valence-electron chi connectivity index (χ3n) is 6.76. The Morgan fingerprint density at radius 1 is 1.11 bits per heavy atom. The number of imidazole rings is 1. The zero-order chi connectivity index (χ0) is 24.8. The molecular formula is C28H37N5O2. The number of aromatic nitrogens is 2. The smallest absolute Gasteiger partial charge is 0.254 e. The number of unbranched alkanes of at least 4 members (excludes halogenated alkanes) is 4. The van der Waals surface area contributed by atoms with Crippen molar-refractivity contribution in [3.63, 3.8) is 0 Å². The van der Waals surface area contributed by atoms with Crippen molar-refractivity contribution in [3.05, 3.63) is 59.4 Å². The van der Waals surface area contributed by atoms with Crippen molar-refractivity contribution in [3.8, 4) is 0 Å². The summed E-state index contributed by atoms with van der Waals surface area (Å²) in [5.41, 5.74) is 4.41. The van der Waals surface area contributed by atoms with Gasteiger partial charge in [-0.2, -0.15) is 0 Å². The van der Waals surface area contributed by atoms with Gasteiger partial charge >= 0.3 is 0 Å². The number of hydrogen-bond donors (Lipinski definition) is 2. The number of fused-ring (bicyclic) bond motifs is 2. The van der Waals surface area contributed by atoms with E-state index in [0.29, 0.717) is 18.7 Å². The van der Waals surface area contributed by atoms with Gasteiger partial charge in [0.1, 0.15) is 11.9 Å². The highest BCUT2D eigenvalue weighted by atomic mass is 16.2. The SMILES string of the molecule is CCCCCCCN1Cc2cc(C(=O)N(C)Cc3nc4ccccc4[nH]3)ccc2NC(CC)C1=O. The van der Waals surface area contributed by atoms with Crippen LogP contribution in [0.25, 0.3) is 11.0 Å². The Morgan fingerprint density at radius 2 is 1.91 bits per heavy atom. The van der Waals surface area contributed by atoms with Gasteiger partial charge in [-0.25, -0.2) is 4.98 Å². The van der Waals surface area contributed by atoms with Crippen LogP contribution in [-0.2, 0) is 17.9 Å². The van der Waals surface area contributed by atoms with Crippen LogP contribution in [0.2, 0.25) is 0 Å². The highest BCUT2D eigenvalue weighted by Crippen LogP contribution is 2.26. The van der Waals surface area contributed by atoms with Crippen molar-refractivity contribution in [2.45, 2.75) is 71.5 Å². The fourth-order valence-corrected chi connectivity index (χ4v) is 4.72. The molecule has 0 fully saturated rings. The molecular weight excluding hydrogens is 438 g/mol. The van der Waals surface area contributed by atoms with Crippen molar-refractivity contribution in [1.82, 2.24) is 19.8 Å². The Morgan fingerprint density at radius 3 is 2.69 bits per heavy atom. The Labute approximate surface area is 207 Å². The molecule has 0 bridgehead atoms. The van der Waals surface area contributed by atoms with Crippen LogP contribution in [0.3, 0.4) is 0 Å². The standard InChI is InChI=1S/C28H37N5O2/c1-4-6-7-8-11-16-33-18-21-17-20(14-15-23(21)29-22(5-2)28(33)35)27(34)32(3)19-26-30-24-12-9-10-13-25(24)31-26/h9-10,12-15,17,22,29H,4-8,11,16,18-19H2,1-3H3,(H,30,31). The number of para-hydroxylation sites is 2. The van der Waals surface area contributed by atoms with Gasteiger partial charge in [-0.1, -0.05) is 51.7 Å². The van der Waals surface area contributed by atoms with E-state index in [9.17, 15) is 9.59 Å². The van der Waals surface area contributed by atoms with Crippen LogP contribution in [0.1, 0.15) is 74.1 Å². The second kappa shape index (κ2) is 11.4. The summed E-state index contributed by atoms with van der Waals surface area (Å²) in [6, 6.07) is 13.3. The Bertz CT molecular complexity index is 1140. The minimum absolute atomic E-state index is 0.0676. The number of aromatic amines is 1. The Hall–Kier alpha value is -3.35. The Balaban J connectivity index is 1.48. The van der Waals surface area contributed by atoms with Gasteiger partial charge < -0.3 is 20.1 Å². The van der Waals surface area contributed by atoms with Crippen molar-refractivity contribution in [1.29, 1.82) is 0 Å². The molecule has 35 heavy (non-hydrogen) atoms. The summed E-state index contributed by atoms with van der Waals surface area (Å²) in [4.78, 5) is 37.9. The number of nitrogens with zero attached hydrogens (tertiary/aromatic N) is 3. The van der Waals surface area contributed by atoms with Crippen LogP contribution in [-0.4, -0.2) is 51.2 Å². The summed E-state index contributed by atoms with van der Waals surface area (Å²) >= 11 is 0. The van der Waals surface area contributed by atoms with Crippen LogP contribution < -0.4 is 5.32 Å². The second-order valence-electron chi connectivity index (χ2n) is 9.51. The summed E-state index contributed by atoms with van der Waals surface area (Å²) in [6.45, 7) is 5.91. The van der Waals surface area contributed by atoms with E-state index in [2.05, 4.69) is 22.2 Å². The van der Waals surface area contributed by atoms with Gasteiger partial charge in [0.25, 0.3) is 5.91 Å². The summed E-state index contributed by atoms with van der Waals surface area (Å²) in [7, 11) is 1.79. The van der Waals surface area contributed by atoms with E-state index in [-0.39, 0.29) is 17.9 Å². The number of carbonyl (C=O) groups excluding carboxylic acids is 2. The van der Waals surface area contributed by atoms with Crippen LogP contribution >= 0.6 is 0 Å². The van der Waals surface area contributed by atoms with E-state index in [4.69, 9.17) is 0 Å². The molecule has 0 radical (unpaired) electrons. The molecule has 0 saturated carbocycles. The maximum Gasteiger partial charge on any atom is 0.254 e. The number of carbonyl (C=O) groups is 2. The van der Waals surface area contributed by atoms with Gasteiger partial charge in [0.2, 0.25) is 5.91 Å². The molecule has 1 aliphatic rings. The summed E-state index contributed by atoms with van der Waals surface area (Å²) in [5, 5.41) is 3.42. The largest absolute Gasteiger partial charge is 0.373 e. The molecule has 2 aromatic carbocycles.